The van der Waals surface area contributed by atoms with E-state index >= 15 is 0 Å². The average molecular weight is 369 g/mol. The maximum absolute atomic E-state index is 13.2. The van der Waals surface area contributed by atoms with Gasteiger partial charge in [-0.25, -0.2) is 4.39 Å². The molecule has 0 saturated carbocycles. The van der Waals surface area contributed by atoms with E-state index in [0.717, 1.165) is 18.8 Å². The molecule has 0 radical (unpaired) electrons. The second kappa shape index (κ2) is 7.96. The first kappa shape index (κ1) is 17.2. The smallest absolute Gasteiger partial charge is 0.171 e. The summed E-state index contributed by atoms with van der Waals surface area (Å²) in [5.41, 5.74) is 0.655. The molecule has 0 amide bonds. The maximum atomic E-state index is 13.2. The van der Waals surface area contributed by atoms with E-state index in [2.05, 4.69) is 10.6 Å². The van der Waals surface area contributed by atoms with E-state index in [1.54, 1.807) is 12.3 Å². The average Bonchev–Trinajstić information content (AvgIpc) is 3.25. The van der Waals surface area contributed by atoms with Crippen molar-refractivity contribution >= 4 is 34.6 Å². The van der Waals surface area contributed by atoms with Crippen LogP contribution < -0.4 is 15.5 Å². The summed E-state index contributed by atoms with van der Waals surface area (Å²) < 4.78 is 18.8. The summed E-state index contributed by atoms with van der Waals surface area (Å²) in [5, 5.41) is 6.81. The molecule has 1 saturated heterocycles. The highest BCUT2D eigenvalue weighted by Gasteiger charge is 2.29. The third kappa shape index (κ3) is 4.26. The van der Waals surface area contributed by atoms with Gasteiger partial charge in [-0.15, -0.1) is 0 Å². The molecule has 24 heavy (non-hydrogen) atoms. The van der Waals surface area contributed by atoms with Crippen molar-refractivity contribution in [1.29, 1.82) is 0 Å². The monoisotopic (exact) mass is 368 g/mol. The van der Waals surface area contributed by atoms with Gasteiger partial charge in [0.1, 0.15) is 5.82 Å². The van der Waals surface area contributed by atoms with Gasteiger partial charge in [0.2, 0.25) is 0 Å². The van der Waals surface area contributed by atoms with Crippen LogP contribution in [0.2, 0.25) is 5.02 Å². The minimum absolute atomic E-state index is 0.0674. The Morgan fingerprint density at radius 2 is 2.12 bits per heavy atom. The number of quaternary nitrogens is 1. The molecular formula is C17H20ClFN3OS+. The first-order chi connectivity index (χ1) is 11.6. The molecule has 7 heteroatoms. The summed E-state index contributed by atoms with van der Waals surface area (Å²) in [7, 11) is 0. The van der Waals surface area contributed by atoms with E-state index in [4.69, 9.17) is 28.2 Å². The van der Waals surface area contributed by atoms with Crippen LogP contribution in [0.3, 0.4) is 0 Å². The predicted octanol–water partition coefficient (Wildman–Crippen LogP) is 2.78. The van der Waals surface area contributed by atoms with Crippen LogP contribution in [0.4, 0.5) is 10.1 Å². The number of furan rings is 1. The van der Waals surface area contributed by atoms with E-state index in [1.165, 1.54) is 29.9 Å². The van der Waals surface area contributed by atoms with E-state index in [1.807, 2.05) is 12.1 Å². The van der Waals surface area contributed by atoms with Crippen molar-refractivity contribution in [2.45, 2.75) is 18.9 Å². The van der Waals surface area contributed by atoms with Crippen LogP contribution in [0.15, 0.2) is 41.0 Å². The van der Waals surface area contributed by atoms with Gasteiger partial charge >= 0.3 is 0 Å². The highest BCUT2D eigenvalue weighted by molar-refractivity contribution is 7.80. The minimum Gasteiger partial charge on any atom is -0.463 e. The Hall–Kier alpha value is -1.63. The lowest BCUT2D eigenvalue weighted by atomic mass is 10.2. The fourth-order valence-electron chi connectivity index (χ4n) is 3.06. The van der Waals surface area contributed by atoms with Crippen LogP contribution in [0.5, 0.6) is 0 Å². The number of rotatable bonds is 5. The Labute approximate surface area is 151 Å². The SMILES string of the molecule is Fc1ccc(NC(=S)NC[C@@H](c2ccco2)[NH+]2CCCC2)cc1Cl. The first-order valence-corrected chi connectivity index (χ1v) is 8.80. The van der Waals surface area contributed by atoms with Gasteiger partial charge in [0.25, 0.3) is 0 Å². The molecule has 0 aliphatic carbocycles. The Morgan fingerprint density at radius 3 is 2.79 bits per heavy atom. The van der Waals surface area contributed by atoms with Gasteiger partial charge in [0.05, 0.1) is 30.9 Å². The van der Waals surface area contributed by atoms with Crippen molar-refractivity contribution in [3.63, 3.8) is 0 Å². The van der Waals surface area contributed by atoms with Gasteiger partial charge in [0.15, 0.2) is 16.9 Å². The molecule has 1 aliphatic heterocycles. The molecule has 1 aromatic carbocycles. The van der Waals surface area contributed by atoms with Gasteiger partial charge in [-0.1, -0.05) is 11.6 Å². The molecule has 1 aromatic heterocycles. The van der Waals surface area contributed by atoms with Crippen molar-refractivity contribution in [3.05, 3.63) is 53.2 Å². The molecule has 1 aliphatic rings. The Kier molecular flexibility index (Phi) is 5.71. The zero-order chi connectivity index (χ0) is 16.9. The summed E-state index contributed by atoms with van der Waals surface area (Å²) in [6, 6.07) is 8.57. The molecule has 0 spiro atoms. The van der Waals surface area contributed by atoms with Gasteiger partial charge in [0, 0.05) is 18.5 Å². The predicted molar refractivity (Wildman–Crippen MR) is 97.0 cm³/mol. The summed E-state index contributed by atoms with van der Waals surface area (Å²) >= 11 is 11.1. The molecule has 1 fully saturated rings. The van der Waals surface area contributed by atoms with Crippen LogP contribution in [0.1, 0.15) is 24.6 Å². The second-order valence-electron chi connectivity index (χ2n) is 5.90. The normalized spacial score (nSPS) is 16.1. The van der Waals surface area contributed by atoms with Crippen LogP contribution in [-0.4, -0.2) is 24.7 Å². The molecule has 4 nitrogen and oxygen atoms in total. The summed E-state index contributed by atoms with van der Waals surface area (Å²) in [6.45, 7) is 2.95. The van der Waals surface area contributed by atoms with E-state index < -0.39 is 5.82 Å². The van der Waals surface area contributed by atoms with Crippen LogP contribution in [-0.2, 0) is 0 Å². The lowest BCUT2D eigenvalue weighted by Crippen LogP contribution is -3.11. The Bertz CT molecular complexity index is 689. The molecule has 3 N–H and O–H groups in total. The van der Waals surface area contributed by atoms with E-state index in [0.29, 0.717) is 17.3 Å². The topological polar surface area (TPSA) is 41.6 Å². The Balaban J connectivity index is 1.59. The standard InChI is InChI=1S/C17H19ClFN3OS/c18-13-10-12(5-6-14(13)19)21-17(24)20-11-15(16-4-3-9-23-16)22-7-1-2-8-22/h3-6,9-10,15H,1-2,7-8,11H2,(H2,20,21,24)/p+1/t15-/m0/s1. The fourth-order valence-corrected chi connectivity index (χ4v) is 3.44. The number of nitrogens with one attached hydrogen (secondary N) is 3. The molecule has 0 bridgehead atoms. The third-order valence-corrected chi connectivity index (χ3v) is 4.81. The second-order valence-corrected chi connectivity index (χ2v) is 6.71. The maximum Gasteiger partial charge on any atom is 0.171 e. The van der Waals surface area contributed by atoms with E-state index in [9.17, 15) is 4.39 Å². The van der Waals surface area contributed by atoms with Crippen molar-refractivity contribution < 1.29 is 13.7 Å². The Morgan fingerprint density at radius 1 is 1.33 bits per heavy atom. The molecule has 1 atom stereocenters. The van der Waals surface area contributed by atoms with Crippen LogP contribution in [0, 0.1) is 5.82 Å². The van der Waals surface area contributed by atoms with Gasteiger partial charge in [-0.3, -0.25) is 0 Å². The third-order valence-electron chi connectivity index (χ3n) is 4.27. The van der Waals surface area contributed by atoms with Gasteiger partial charge < -0.3 is 20.0 Å². The van der Waals surface area contributed by atoms with Gasteiger partial charge in [-0.05, 0) is 42.5 Å². The molecule has 0 unspecified atom stereocenters. The van der Waals surface area contributed by atoms with Crippen molar-refractivity contribution in [3.8, 4) is 0 Å². The molecule has 2 heterocycles. The van der Waals surface area contributed by atoms with Gasteiger partial charge in [-0.2, -0.15) is 0 Å². The number of halogens is 2. The number of thiocarbonyl (C=S) groups is 1. The highest BCUT2D eigenvalue weighted by atomic mass is 35.5. The number of benzene rings is 1. The zero-order valence-electron chi connectivity index (χ0n) is 13.1. The van der Waals surface area contributed by atoms with Crippen LogP contribution in [0.25, 0.3) is 0 Å². The number of likely N-dealkylation sites (tertiary alicyclic amines) is 1. The molecule has 128 valence electrons. The van der Waals surface area contributed by atoms with Crippen molar-refractivity contribution in [2.24, 2.45) is 0 Å². The number of hydrogen-bond donors (Lipinski definition) is 3. The highest BCUT2D eigenvalue weighted by Crippen LogP contribution is 2.19. The number of anilines is 1. The van der Waals surface area contributed by atoms with Crippen molar-refractivity contribution in [2.75, 3.05) is 25.0 Å². The molecule has 2 aromatic rings. The minimum atomic E-state index is -0.448. The first-order valence-electron chi connectivity index (χ1n) is 8.01. The number of hydrogen-bond acceptors (Lipinski definition) is 2. The van der Waals surface area contributed by atoms with E-state index in [-0.39, 0.29) is 11.1 Å². The fraction of sp³-hybridized carbons (Fsp3) is 0.353. The summed E-state index contributed by atoms with van der Waals surface area (Å²) in [5.74, 6) is 0.517. The van der Waals surface area contributed by atoms with Crippen LogP contribution >= 0.6 is 23.8 Å². The largest absolute Gasteiger partial charge is 0.463 e. The quantitative estimate of drug-likeness (QED) is 0.710. The van der Waals surface area contributed by atoms with Crippen molar-refractivity contribution in [1.82, 2.24) is 5.32 Å². The molecular weight excluding hydrogens is 349 g/mol. The summed E-state index contributed by atoms with van der Waals surface area (Å²) in [6.07, 6.45) is 4.18. The lowest BCUT2D eigenvalue weighted by molar-refractivity contribution is -0.919. The molecule has 3 rings (SSSR count). The summed E-state index contributed by atoms with van der Waals surface area (Å²) in [4.78, 5) is 1.50. The lowest BCUT2D eigenvalue weighted by Gasteiger charge is -2.23. The zero-order valence-corrected chi connectivity index (χ0v) is 14.7.